The summed E-state index contributed by atoms with van der Waals surface area (Å²) in [4.78, 5) is 0. The van der Waals surface area contributed by atoms with E-state index in [2.05, 4.69) is 0 Å². The highest BCUT2D eigenvalue weighted by Gasteiger charge is 2.13. The average molecular weight is 366 g/mol. The summed E-state index contributed by atoms with van der Waals surface area (Å²) in [6.45, 7) is 3.67. The molecule has 0 heterocycles. The van der Waals surface area contributed by atoms with Crippen molar-refractivity contribution in [3.8, 4) is 23.0 Å². The van der Waals surface area contributed by atoms with E-state index in [1.807, 2.05) is 43.3 Å². The van der Waals surface area contributed by atoms with E-state index in [-0.39, 0.29) is 0 Å². The van der Waals surface area contributed by atoms with Crippen molar-refractivity contribution in [2.75, 3.05) is 33.5 Å². The fraction of sp³-hybridized carbons (Fsp3) is 0.368. The minimum atomic E-state index is 0.327. The summed E-state index contributed by atoms with van der Waals surface area (Å²) >= 11 is 6.34. The first-order chi connectivity index (χ1) is 12.2. The number of hydrogen-bond donors (Lipinski definition) is 1. The quantitative estimate of drug-likeness (QED) is 0.650. The van der Waals surface area contributed by atoms with Gasteiger partial charge < -0.3 is 24.7 Å². The van der Waals surface area contributed by atoms with Crippen LogP contribution in [0.2, 0.25) is 5.02 Å². The van der Waals surface area contributed by atoms with Gasteiger partial charge in [0.2, 0.25) is 0 Å². The Balaban J connectivity index is 1.99. The van der Waals surface area contributed by atoms with E-state index in [1.54, 1.807) is 7.11 Å². The molecule has 2 aromatic rings. The Morgan fingerprint density at radius 1 is 0.960 bits per heavy atom. The zero-order chi connectivity index (χ0) is 18.1. The molecule has 2 rings (SSSR count). The standard InChI is InChI=1S/C19H24ClNO4/c1-3-23-18-13-14(8-9-21)12-15(20)19(18)25-11-10-24-17-7-5-4-6-16(17)22-2/h4-7,12-13H,3,8-11,21H2,1-2H3. The second-order valence-electron chi connectivity index (χ2n) is 5.22. The summed E-state index contributed by atoms with van der Waals surface area (Å²) in [5.74, 6) is 2.49. The molecule has 0 saturated heterocycles. The first-order valence-corrected chi connectivity index (χ1v) is 8.61. The Morgan fingerprint density at radius 2 is 1.68 bits per heavy atom. The van der Waals surface area contributed by atoms with E-state index in [0.29, 0.717) is 54.4 Å². The summed E-state index contributed by atoms with van der Waals surface area (Å²) in [5.41, 5.74) is 6.63. The molecule has 136 valence electrons. The van der Waals surface area contributed by atoms with Gasteiger partial charge in [0.15, 0.2) is 23.0 Å². The lowest BCUT2D eigenvalue weighted by Gasteiger charge is -2.16. The van der Waals surface area contributed by atoms with Crippen LogP contribution in [0.3, 0.4) is 0 Å². The molecule has 2 N–H and O–H groups in total. The molecule has 0 radical (unpaired) electrons. The molecule has 0 aromatic heterocycles. The highest BCUT2D eigenvalue weighted by Crippen LogP contribution is 2.37. The van der Waals surface area contributed by atoms with Crippen molar-refractivity contribution in [2.24, 2.45) is 5.73 Å². The number of para-hydroxylation sites is 2. The first kappa shape index (κ1) is 19.2. The molecule has 0 amide bonds. The van der Waals surface area contributed by atoms with Crippen LogP contribution in [-0.2, 0) is 6.42 Å². The second-order valence-corrected chi connectivity index (χ2v) is 5.63. The molecule has 5 nitrogen and oxygen atoms in total. The van der Waals surface area contributed by atoms with E-state index >= 15 is 0 Å². The third-order valence-corrected chi connectivity index (χ3v) is 3.74. The number of ether oxygens (including phenoxy) is 4. The normalized spacial score (nSPS) is 10.4. The van der Waals surface area contributed by atoms with Gasteiger partial charge in [-0.25, -0.2) is 0 Å². The lowest BCUT2D eigenvalue weighted by Crippen LogP contribution is -2.11. The van der Waals surface area contributed by atoms with Crippen LogP contribution in [0.4, 0.5) is 0 Å². The predicted octanol–water partition coefficient (Wildman–Crippen LogP) is 3.71. The van der Waals surface area contributed by atoms with Gasteiger partial charge in [-0.15, -0.1) is 0 Å². The maximum atomic E-state index is 6.34. The SMILES string of the molecule is CCOc1cc(CCN)cc(Cl)c1OCCOc1ccccc1OC. The van der Waals surface area contributed by atoms with Crippen molar-refractivity contribution in [3.63, 3.8) is 0 Å². The second kappa shape index (κ2) is 10.0. The fourth-order valence-corrected chi connectivity index (χ4v) is 2.66. The van der Waals surface area contributed by atoms with Gasteiger partial charge in [0.1, 0.15) is 13.2 Å². The molecule has 25 heavy (non-hydrogen) atoms. The predicted molar refractivity (Wildman–Crippen MR) is 99.4 cm³/mol. The van der Waals surface area contributed by atoms with Crippen LogP contribution in [0.15, 0.2) is 36.4 Å². The largest absolute Gasteiger partial charge is 0.493 e. The molecule has 0 spiro atoms. The van der Waals surface area contributed by atoms with E-state index in [9.17, 15) is 0 Å². The summed E-state index contributed by atoms with van der Waals surface area (Å²) in [6.07, 6.45) is 0.733. The molecule has 0 aliphatic rings. The molecule has 0 bridgehead atoms. The summed E-state index contributed by atoms with van der Waals surface area (Å²) in [5, 5.41) is 0.506. The van der Waals surface area contributed by atoms with Crippen molar-refractivity contribution >= 4 is 11.6 Å². The highest BCUT2D eigenvalue weighted by molar-refractivity contribution is 6.32. The van der Waals surface area contributed by atoms with Gasteiger partial charge in [-0.2, -0.15) is 0 Å². The molecule has 2 aromatic carbocycles. The van der Waals surface area contributed by atoms with Gasteiger partial charge in [-0.3, -0.25) is 0 Å². The third-order valence-electron chi connectivity index (χ3n) is 3.46. The van der Waals surface area contributed by atoms with E-state index in [1.165, 1.54) is 0 Å². The zero-order valence-corrected chi connectivity index (χ0v) is 15.3. The maximum absolute atomic E-state index is 6.34. The van der Waals surface area contributed by atoms with Crippen LogP contribution in [0, 0.1) is 0 Å². The molecule has 0 saturated carbocycles. The summed E-state index contributed by atoms with van der Waals surface area (Å²) < 4.78 is 22.4. The first-order valence-electron chi connectivity index (χ1n) is 8.23. The Labute approximate surface area is 153 Å². The summed E-state index contributed by atoms with van der Waals surface area (Å²) in [6, 6.07) is 11.2. The fourth-order valence-electron chi connectivity index (χ4n) is 2.37. The minimum Gasteiger partial charge on any atom is -0.493 e. The Morgan fingerprint density at radius 3 is 2.36 bits per heavy atom. The van der Waals surface area contributed by atoms with Crippen LogP contribution in [-0.4, -0.2) is 33.5 Å². The number of halogens is 1. The number of nitrogens with two attached hydrogens (primary N) is 1. The lowest BCUT2D eigenvalue weighted by molar-refractivity contribution is 0.203. The molecule has 0 aliphatic heterocycles. The van der Waals surface area contributed by atoms with Crippen molar-refractivity contribution < 1.29 is 18.9 Å². The lowest BCUT2D eigenvalue weighted by atomic mass is 10.1. The topological polar surface area (TPSA) is 62.9 Å². The smallest absolute Gasteiger partial charge is 0.179 e. The van der Waals surface area contributed by atoms with E-state index in [0.717, 1.165) is 12.0 Å². The third kappa shape index (κ3) is 5.44. The van der Waals surface area contributed by atoms with Crippen LogP contribution in [0.1, 0.15) is 12.5 Å². The molecule has 0 atom stereocenters. The molecular weight excluding hydrogens is 342 g/mol. The highest BCUT2D eigenvalue weighted by atomic mass is 35.5. The molecular formula is C19H24ClNO4. The van der Waals surface area contributed by atoms with Crippen LogP contribution < -0.4 is 24.7 Å². The van der Waals surface area contributed by atoms with Crippen LogP contribution in [0.5, 0.6) is 23.0 Å². The Hall–Kier alpha value is -2.11. The van der Waals surface area contributed by atoms with E-state index in [4.69, 9.17) is 36.3 Å². The molecule has 0 fully saturated rings. The van der Waals surface area contributed by atoms with Gasteiger partial charge in [-0.05, 0) is 49.7 Å². The van der Waals surface area contributed by atoms with Gasteiger partial charge >= 0.3 is 0 Å². The number of benzene rings is 2. The summed E-state index contributed by atoms with van der Waals surface area (Å²) in [7, 11) is 1.61. The number of methoxy groups -OCH3 is 1. The molecule has 0 aliphatic carbocycles. The Bertz CT molecular complexity index is 678. The van der Waals surface area contributed by atoms with Crippen LogP contribution in [0.25, 0.3) is 0 Å². The van der Waals surface area contributed by atoms with Gasteiger partial charge in [-0.1, -0.05) is 23.7 Å². The zero-order valence-electron chi connectivity index (χ0n) is 14.6. The minimum absolute atomic E-state index is 0.327. The van der Waals surface area contributed by atoms with Crippen molar-refractivity contribution in [1.82, 2.24) is 0 Å². The molecule has 0 unspecified atom stereocenters. The number of rotatable bonds is 10. The van der Waals surface area contributed by atoms with Gasteiger partial charge in [0.05, 0.1) is 18.7 Å². The van der Waals surface area contributed by atoms with Crippen molar-refractivity contribution in [2.45, 2.75) is 13.3 Å². The van der Waals surface area contributed by atoms with Gasteiger partial charge in [0, 0.05) is 0 Å². The Kier molecular flexibility index (Phi) is 7.70. The number of hydrogen-bond acceptors (Lipinski definition) is 5. The maximum Gasteiger partial charge on any atom is 0.179 e. The van der Waals surface area contributed by atoms with E-state index < -0.39 is 0 Å². The van der Waals surface area contributed by atoms with Gasteiger partial charge in [0.25, 0.3) is 0 Å². The molecule has 6 heteroatoms. The average Bonchev–Trinajstić information content (AvgIpc) is 2.61. The van der Waals surface area contributed by atoms with Crippen LogP contribution >= 0.6 is 11.6 Å². The van der Waals surface area contributed by atoms with Crippen molar-refractivity contribution in [3.05, 3.63) is 47.0 Å². The monoisotopic (exact) mass is 365 g/mol. The van der Waals surface area contributed by atoms with Crippen molar-refractivity contribution in [1.29, 1.82) is 0 Å².